The molecule has 0 bridgehead atoms. The second kappa shape index (κ2) is 6.13. The molecular formula is C14H19N5O2S. The Balaban J connectivity index is 1.73. The molecule has 0 saturated carbocycles. The number of rotatable bonds is 4. The van der Waals surface area contributed by atoms with Crippen LogP contribution in [0.3, 0.4) is 0 Å². The average molecular weight is 321 g/mol. The quantitative estimate of drug-likeness (QED) is 0.849. The zero-order valence-corrected chi connectivity index (χ0v) is 13.8. The number of carbonyl (C=O) groups is 1. The van der Waals surface area contributed by atoms with Gasteiger partial charge in [-0.05, 0) is 13.8 Å². The van der Waals surface area contributed by atoms with Crippen LogP contribution in [0.5, 0.6) is 0 Å². The molecule has 3 rings (SSSR count). The molecule has 0 fully saturated rings. The number of aryl methyl sites for hydroxylation is 1. The number of hydrogen-bond acceptors (Lipinski definition) is 6. The third-order valence-electron chi connectivity index (χ3n) is 3.72. The van der Waals surface area contributed by atoms with E-state index in [-0.39, 0.29) is 11.9 Å². The lowest BCUT2D eigenvalue weighted by molar-refractivity contribution is -0.132. The van der Waals surface area contributed by atoms with E-state index in [2.05, 4.69) is 26.7 Å². The highest BCUT2D eigenvalue weighted by Crippen LogP contribution is 2.22. The van der Waals surface area contributed by atoms with Crippen molar-refractivity contribution in [2.24, 2.45) is 0 Å². The molecule has 0 radical (unpaired) electrons. The van der Waals surface area contributed by atoms with Crippen LogP contribution >= 0.6 is 11.3 Å². The minimum atomic E-state index is 0.0830. The SMILES string of the molecule is COCc1nnc2n1[C@@H](C)CN(C(=O)Cc1csc(C)n1)C2. The lowest BCUT2D eigenvalue weighted by Gasteiger charge is -2.32. The predicted octanol–water partition coefficient (Wildman–Crippen LogP) is 1.34. The number of ether oxygens (including phenoxy) is 1. The Bertz CT molecular complexity index is 681. The molecule has 0 spiro atoms. The van der Waals surface area contributed by atoms with Crippen LogP contribution in [0.4, 0.5) is 0 Å². The molecule has 2 aromatic heterocycles. The van der Waals surface area contributed by atoms with E-state index in [0.717, 1.165) is 22.4 Å². The van der Waals surface area contributed by atoms with Crippen LogP contribution in [0, 0.1) is 6.92 Å². The Hall–Kier alpha value is -1.80. The lowest BCUT2D eigenvalue weighted by Crippen LogP contribution is -2.41. The minimum Gasteiger partial charge on any atom is -0.377 e. The smallest absolute Gasteiger partial charge is 0.229 e. The summed E-state index contributed by atoms with van der Waals surface area (Å²) in [7, 11) is 1.64. The van der Waals surface area contributed by atoms with Crippen LogP contribution in [0.2, 0.25) is 0 Å². The summed E-state index contributed by atoms with van der Waals surface area (Å²) in [5.41, 5.74) is 0.840. The summed E-state index contributed by atoms with van der Waals surface area (Å²) in [6.07, 6.45) is 0.343. The largest absolute Gasteiger partial charge is 0.377 e. The zero-order chi connectivity index (χ0) is 15.7. The van der Waals surface area contributed by atoms with Crippen LogP contribution in [0.15, 0.2) is 5.38 Å². The molecule has 0 aliphatic carbocycles. The van der Waals surface area contributed by atoms with Crippen molar-refractivity contribution in [1.82, 2.24) is 24.6 Å². The minimum absolute atomic E-state index is 0.0830. The molecule has 118 valence electrons. The van der Waals surface area contributed by atoms with Gasteiger partial charge in [-0.3, -0.25) is 4.79 Å². The van der Waals surface area contributed by atoms with Crippen LogP contribution in [-0.2, 0) is 29.1 Å². The van der Waals surface area contributed by atoms with Gasteiger partial charge in [0.1, 0.15) is 6.61 Å². The monoisotopic (exact) mass is 321 g/mol. The number of amides is 1. The van der Waals surface area contributed by atoms with E-state index in [4.69, 9.17) is 4.74 Å². The van der Waals surface area contributed by atoms with Crippen LogP contribution in [-0.4, -0.2) is 44.2 Å². The molecule has 1 aliphatic heterocycles. The third kappa shape index (κ3) is 2.89. The van der Waals surface area contributed by atoms with Crippen LogP contribution < -0.4 is 0 Å². The standard InChI is InChI=1S/C14H19N5O2S/c1-9-5-18(14(20)4-11-8-22-10(2)15-11)6-12-16-17-13(7-21-3)19(9)12/h8-9H,4-7H2,1-3H3/t9-/m0/s1. The Kier molecular flexibility index (Phi) is 4.21. The molecule has 0 aromatic carbocycles. The van der Waals surface area contributed by atoms with E-state index in [1.807, 2.05) is 17.2 Å². The fraction of sp³-hybridized carbons (Fsp3) is 0.571. The Labute approximate surface area is 132 Å². The average Bonchev–Trinajstić information content (AvgIpc) is 3.06. The van der Waals surface area contributed by atoms with Crippen molar-refractivity contribution >= 4 is 17.2 Å². The van der Waals surface area contributed by atoms with Gasteiger partial charge in [-0.1, -0.05) is 0 Å². The number of nitrogens with zero attached hydrogens (tertiary/aromatic N) is 5. The van der Waals surface area contributed by atoms with E-state index >= 15 is 0 Å². The van der Waals surface area contributed by atoms with Crippen LogP contribution in [0.25, 0.3) is 0 Å². The van der Waals surface area contributed by atoms with Crippen LogP contribution in [0.1, 0.15) is 35.3 Å². The second-order valence-corrected chi connectivity index (χ2v) is 6.56. The van der Waals surface area contributed by atoms with Crippen molar-refractivity contribution in [2.45, 2.75) is 39.5 Å². The molecule has 0 unspecified atom stereocenters. The number of methoxy groups -OCH3 is 1. The number of carbonyl (C=O) groups excluding carboxylic acids is 1. The number of hydrogen-bond donors (Lipinski definition) is 0. The maximum absolute atomic E-state index is 12.5. The van der Waals surface area contributed by atoms with E-state index in [0.29, 0.717) is 26.1 Å². The summed E-state index contributed by atoms with van der Waals surface area (Å²) in [5.74, 6) is 1.71. The van der Waals surface area contributed by atoms with E-state index in [9.17, 15) is 4.79 Å². The first-order valence-electron chi connectivity index (χ1n) is 7.19. The molecule has 7 nitrogen and oxygen atoms in total. The Morgan fingerprint density at radius 1 is 1.50 bits per heavy atom. The fourth-order valence-corrected chi connectivity index (χ4v) is 3.40. The lowest BCUT2D eigenvalue weighted by atomic mass is 10.2. The summed E-state index contributed by atoms with van der Waals surface area (Å²) < 4.78 is 7.21. The van der Waals surface area contributed by atoms with Crippen molar-refractivity contribution in [1.29, 1.82) is 0 Å². The normalized spacial score (nSPS) is 17.6. The van der Waals surface area contributed by atoms with Gasteiger partial charge in [0.05, 0.1) is 29.7 Å². The number of fused-ring (bicyclic) bond motifs is 1. The molecule has 0 N–H and O–H groups in total. The van der Waals surface area contributed by atoms with Gasteiger partial charge in [-0.2, -0.15) is 0 Å². The van der Waals surface area contributed by atoms with Gasteiger partial charge in [0.2, 0.25) is 5.91 Å². The zero-order valence-electron chi connectivity index (χ0n) is 12.9. The molecule has 0 saturated heterocycles. The number of aromatic nitrogens is 4. The van der Waals surface area contributed by atoms with Gasteiger partial charge in [0.25, 0.3) is 0 Å². The Morgan fingerprint density at radius 2 is 2.32 bits per heavy atom. The van der Waals surface area contributed by atoms with Crippen molar-refractivity contribution < 1.29 is 9.53 Å². The van der Waals surface area contributed by atoms with Crippen molar-refractivity contribution in [3.63, 3.8) is 0 Å². The fourth-order valence-electron chi connectivity index (χ4n) is 2.79. The van der Waals surface area contributed by atoms with E-state index in [1.54, 1.807) is 18.4 Å². The van der Waals surface area contributed by atoms with E-state index < -0.39 is 0 Å². The van der Waals surface area contributed by atoms with Crippen molar-refractivity contribution in [2.75, 3.05) is 13.7 Å². The number of thiazole rings is 1. The van der Waals surface area contributed by atoms with Gasteiger partial charge < -0.3 is 14.2 Å². The molecule has 2 aromatic rings. The first kappa shape index (κ1) is 15.1. The first-order chi connectivity index (χ1) is 10.6. The summed E-state index contributed by atoms with van der Waals surface area (Å²) >= 11 is 1.57. The highest BCUT2D eigenvalue weighted by atomic mass is 32.1. The maximum Gasteiger partial charge on any atom is 0.229 e. The molecule has 3 heterocycles. The summed E-state index contributed by atoms with van der Waals surface area (Å²) in [5, 5.41) is 11.3. The molecule has 1 atom stereocenters. The van der Waals surface area contributed by atoms with Gasteiger partial charge in [0.15, 0.2) is 11.6 Å². The molecule has 1 aliphatic rings. The first-order valence-corrected chi connectivity index (χ1v) is 8.06. The second-order valence-electron chi connectivity index (χ2n) is 5.49. The van der Waals surface area contributed by atoms with Crippen molar-refractivity contribution in [3.8, 4) is 0 Å². The van der Waals surface area contributed by atoms with Crippen molar-refractivity contribution in [3.05, 3.63) is 27.7 Å². The summed E-state index contributed by atoms with van der Waals surface area (Å²) in [6, 6.07) is 0.144. The Morgan fingerprint density at radius 3 is 3.00 bits per heavy atom. The maximum atomic E-state index is 12.5. The summed E-state index contributed by atoms with van der Waals surface area (Å²) in [6.45, 7) is 5.59. The van der Waals surface area contributed by atoms with Gasteiger partial charge in [0, 0.05) is 19.0 Å². The van der Waals surface area contributed by atoms with Gasteiger partial charge in [-0.15, -0.1) is 21.5 Å². The van der Waals surface area contributed by atoms with Gasteiger partial charge >= 0.3 is 0 Å². The predicted molar refractivity (Wildman–Crippen MR) is 81.4 cm³/mol. The summed E-state index contributed by atoms with van der Waals surface area (Å²) in [4.78, 5) is 18.7. The topological polar surface area (TPSA) is 73.1 Å². The molecule has 22 heavy (non-hydrogen) atoms. The highest BCUT2D eigenvalue weighted by Gasteiger charge is 2.29. The highest BCUT2D eigenvalue weighted by molar-refractivity contribution is 7.09. The molecule has 8 heteroatoms. The third-order valence-corrected chi connectivity index (χ3v) is 4.54. The molecule has 1 amide bonds. The molecular weight excluding hydrogens is 302 g/mol. The van der Waals surface area contributed by atoms with E-state index in [1.165, 1.54) is 0 Å². The van der Waals surface area contributed by atoms with Gasteiger partial charge in [-0.25, -0.2) is 4.98 Å².